The molecule has 1 saturated carbocycles. The van der Waals surface area contributed by atoms with E-state index in [1.165, 1.54) is 0 Å². The van der Waals surface area contributed by atoms with Crippen LogP contribution in [0.25, 0.3) is 0 Å². The monoisotopic (exact) mass is 354 g/mol. The molecular weight excluding hydrogens is 331 g/mol. The van der Waals surface area contributed by atoms with Crippen molar-refractivity contribution in [1.29, 1.82) is 0 Å². The average Bonchev–Trinajstić information content (AvgIpc) is 2.68. The van der Waals surface area contributed by atoms with Crippen molar-refractivity contribution in [3.8, 4) is 0 Å². The van der Waals surface area contributed by atoms with E-state index in [0.717, 1.165) is 32.1 Å². The van der Waals surface area contributed by atoms with Gasteiger partial charge in [0.05, 0.1) is 0 Å². The summed E-state index contributed by atoms with van der Waals surface area (Å²) in [7, 11) is 0. The Labute approximate surface area is 152 Å². The zero-order valence-corrected chi connectivity index (χ0v) is 14.6. The molecule has 2 amide bonds. The second-order valence-electron chi connectivity index (χ2n) is 6.71. The number of halogens is 1. The Morgan fingerprint density at radius 1 is 0.962 bits per heavy atom. The summed E-state index contributed by atoms with van der Waals surface area (Å²) in [6, 6.07) is 13.4. The molecule has 1 aliphatic carbocycles. The number of primary amides is 1. The van der Waals surface area contributed by atoms with E-state index in [9.17, 15) is 14.0 Å². The summed E-state index contributed by atoms with van der Waals surface area (Å²) in [5, 5.41) is 2.40. The maximum absolute atomic E-state index is 14.5. The summed E-state index contributed by atoms with van der Waals surface area (Å²) in [6.07, 6.45) is 3.45. The molecule has 1 atom stereocenters. The summed E-state index contributed by atoms with van der Waals surface area (Å²) in [5.74, 6) is -0.979. The third kappa shape index (κ3) is 3.93. The van der Waals surface area contributed by atoms with Crippen LogP contribution in [0.5, 0.6) is 0 Å². The Balaban J connectivity index is 1.91. The smallest absolute Gasteiger partial charge is 0.254 e. The number of hydrogen-bond donors (Lipinski definition) is 2. The zero-order chi connectivity index (χ0) is 18.5. The fourth-order valence-corrected chi connectivity index (χ4v) is 3.71. The number of rotatable bonds is 5. The predicted molar refractivity (Wildman–Crippen MR) is 98.5 cm³/mol. The molecule has 0 radical (unpaired) electrons. The van der Waals surface area contributed by atoms with Crippen molar-refractivity contribution in [2.24, 2.45) is 5.73 Å². The van der Waals surface area contributed by atoms with Crippen molar-refractivity contribution in [1.82, 2.24) is 5.32 Å². The lowest BCUT2D eigenvalue weighted by Gasteiger charge is -2.26. The van der Waals surface area contributed by atoms with Crippen LogP contribution in [0, 0.1) is 0 Å². The van der Waals surface area contributed by atoms with Gasteiger partial charge < -0.3 is 11.1 Å². The van der Waals surface area contributed by atoms with Crippen molar-refractivity contribution in [2.75, 3.05) is 0 Å². The topological polar surface area (TPSA) is 72.2 Å². The van der Waals surface area contributed by atoms with E-state index in [-0.39, 0.29) is 5.92 Å². The highest BCUT2D eigenvalue weighted by molar-refractivity contribution is 6.02. The number of nitrogens with two attached hydrogens (primary N) is 1. The van der Waals surface area contributed by atoms with Gasteiger partial charge in [-0.2, -0.15) is 0 Å². The molecule has 3 rings (SSSR count). The fourth-order valence-electron chi connectivity index (χ4n) is 3.71. The van der Waals surface area contributed by atoms with Gasteiger partial charge in [-0.05, 0) is 36.5 Å². The van der Waals surface area contributed by atoms with E-state index in [4.69, 9.17) is 5.73 Å². The highest BCUT2D eigenvalue weighted by Gasteiger charge is 2.27. The van der Waals surface area contributed by atoms with Crippen LogP contribution >= 0.6 is 0 Å². The molecule has 26 heavy (non-hydrogen) atoms. The summed E-state index contributed by atoms with van der Waals surface area (Å²) >= 11 is 0. The van der Waals surface area contributed by atoms with Crippen LogP contribution in [0.1, 0.15) is 76.2 Å². The molecule has 2 aromatic carbocycles. The number of carbonyl (C=O) groups is 2. The molecule has 1 aliphatic rings. The van der Waals surface area contributed by atoms with Crippen molar-refractivity contribution in [3.63, 3.8) is 0 Å². The van der Waals surface area contributed by atoms with E-state index in [1.54, 1.807) is 48.5 Å². The minimum atomic E-state index is -1.61. The Bertz CT molecular complexity index is 786. The second kappa shape index (κ2) is 8.13. The standard InChI is InChI=1S/C21H23FN2O2/c22-19(15-10-5-2-6-11-15)24-21(26)17-13-7-12-16(20(23)25)18(17)14-8-3-1-4-9-14/h2,5-7,10-14,19H,1,3-4,8-9H2,(H2,23,25)(H,24,26). The fraction of sp³-hybridized carbons (Fsp3) is 0.333. The molecule has 0 saturated heterocycles. The average molecular weight is 354 g/mol. The van der Waals surface area contributed by atoms with Crippen LogP contribution in [-0.2, 0) is 0 Å². The van der Waals surface area contributed by atoms with Gasteiger partial charge in [-0.15, -0.1) is 0 Å². The first kappa shape index (κ1) is 18.1. The lowest BCUT2D eigenvalue weighted by atomic mass is 9.79. The second-order valence-corrected chi connectivity index (χ2v) is 6.71. The predicted octanol–water partition coefficient (Wildman–Crippen LogP) is 4.23. The zero-order valence-electron chi connectivity index (χ0n) is 14.6. The molecule has 1 unspecified atom stereocenters. The van der Waals surface area contributed by atoms with Crippen molar-refractivity contribution < 1.29 is 14.0 Å². The molecule has 2 aromatic rings. The summed E-state index contributed by atoms with van der Waals surface area (Å²) in [4.78, 5) is 24.7. The molecule has 0 aliphatic heterocycles. The Kier molecular flexibility index (Phi) is 5.66. The van der Waals surface area contributed by atoms with Gasteiger partial charge in [-0.1, -0.05) is 55.7 Å². The van der Waals surface area contributed by atoms with Gasteiger partial charge in [0.1, 0.15) is 0 Å². The minimum Gasteiger partial charge on any atom is -0.366 e. The number of nitrogens with one attached hydrogen (secondary N) is 1. The Morgan fingerprint density at radius 2 is 1.62 bits per heavy atom. The third-order valence-electron chi connectivity index (χ3n) is 4.98. The molecule has 3 N–H and O–H groups in total. The van der Waals surface area contributed by atoms with Crippen molar-refractivity contribution >= 4 is 11.8 Å². The first-order valence-corrected chi connectivity index (χ1v) is 9.00. The van der Waals surface area contributed by atoms with Gasteiger partial charge in [0.25, 0.3) is 5.91 Å². The van der Waals surface area contributed by atoms with Crippen LogP contribution in [0.15, 0.2) is 48.5 Å². The van der Waals surface area contributed by atoms with Gasteiger partial charge >= 0.3 is 0 Å². The van der Waals surface area contributed by atoms with Crippen LogP contribution in [0.4, 0.5) is 4.39 Å². The number of alkyl halides is 1. The molecule has 0 spiro atoms. The van der Waals surface area contributed by atoms with E-state index < -0.39 is 18.1 Å². The van der Waals surface area contributed by atoms with Gasteiger partial charge in [0.15, 0.2) is 6.30 Å². The minimum absolute atomic E-state index is 0.1000. The lowest BCUT2D eigenvalue weighted by Crippen LogP contribution is -2.29. The van der Waals surface area contributed by atoms with Gasteiger partial charge in [-0.3, -0.25) is 9.59 Å². The Hall–Kier alpha value is -2.69. The van der Waals surface area contributed by atoms with Gasteiger partial charge in [0.2, 0.25) is 5.91 Å². The van der Waals surface area contributed by atoms with E-state index in [2.05, 4.69) is 5.32 Å². The summed E-state index contributed by atoms with van der Waals surface area (Å²) in [5.41, 5.74) is 7.28. The van der Waals surface area contributed by atoms with Gasteiger partial charge in [-0.25, -0.2) is 4.39 Å². The van der Waals surface area contributed by atoms with Crippen molar-refractivity contribution in [3.05, 3.63) is 70.8 Å². The molecule has 0 aromatic heterocycles. The number of amides is 2. The normalized spacial score (nSPS) is 16.0. The van der Waals surface area contributed by atoms with Crippen LogP contribution in [-0.4, -0.2) is 11.8 Å². The van der Waals surface area contributed by atoms with E-state index in [1.807, 2.05) is 0 Å². The first-order valence-electron chi connectivity index (χ1n) is 9.00. The third-order valence-corrected chi connectivity index (χ3v) is 4.98. The molecule has 136 valence electrons. The molecule has 0 heterocycles. The maximum Gasteiger partial charge on any atom is 0.254 e. The van der Waals surface area contributed by atoms with Crippen molar-refractivity contribution in [2.45, 2.75) is 44.3 Å². The largest absolute Gasteiger partial charge is 0.366 e. The highest BCUT2D eigenvalue weighted by Crippen LogP contribution is 2.36. The first-order chi connectivity index (χ1) is 12.6. The SMILES string of the molecule is NC(=O)c1cccc(C(=O)NC(F)c2ccccc2)c1C1CCCCC1. The lowest BCUT2D eigenvalue weighted by molar-refractivity contribution is 0.0892. The van der Waals surface area contributed by atoms with Crippen LogP contribution in [0.3, 0.4) is 0 Å². The van der Waals surface area contributed by atoms with Crippen LogP contribution < -0.4 is 11.1 Å². The van der Waals surface area contributed by atoms with Crippen LogP contribution in [0.2, 0.25) is 0 Å². The molecule has 0 bridgehead atoms. The molecule has 4 nitrogen and oxygen atoms in total. The number of carbonyl (C=O) groups excluding carboxylic acids is 2. The molecular formula is C21H23FN2O2. The summed E-state index contributed by atoms with van der Waals surface area (Å²) < 4.78 is 14.5. The molecule has 5 heteroatoms. The number of hydrogen-bond acceptors (Lipinski definition) is 2. The quantitative estimate of drug-likeness (QED) is 0.789. The van der Waals surface area contributed by atoms with E-state index in [0.29, 0.717) is 22.3 Å². The van der Waals surface area contributed by atoms with E-state index >= 15 is 0 Å². The molecule has 1 fully saturated rings. The maximum atomic E-state index is 14.5. The van der Waals surface area contributed by atoms with Gasteiger partial charge in [0, 0.05) is 16.7 Å². The Morgan fingerprint density at radius 3 is 2.27 bits per heavy atom. The summed E-state index contributed by atoms with van der Waals surface area (Å²) in [6.45, 7) is 0. The number of benzene rings is 2. The highest BCUT2D eigenvalue weighted by atomic mass is 19.1.